The summed E-state index contributed by atoms with van der Waals surface area (Å²) in [5, 5.41) is 19.9. The fourth-order valence-corrected chi connectivity index (χ4v) is 1.80. The summed E-state index contributed by atoms with van der Waals surface area (Å²) < 4.78 is 0. The van der Waals surface area contributed by atoms with E-state index in [1.807, 2.05) is 12.1 Å². The fourth-order valence-electron chi connectivity index (χ4n) is 1.80. The van der Waals surface area contributed by atoms with Gasteiger partial charge in [0.05, 0.1) is 13.2 Å². The fraction of sp³-hybridized carbons (Fsp3) is 0.571. The predicted octanol–water partition coefficient (Wildman–Crippen LogP) is 0.795. The number of aliphatic hydroxyl groups is 2. The molecule has 0 fully saturated rings. The van der Waals surface area contributed by atoms with E-state index in [9.17, 15) is 0 Å². The minimum atomic E-state index is 0.120. The van der Waals surface area contributed by atoms with E-state index in [-0.39, 0.29) is 6.61 Å². The quantitative estimate of drug-likeness (QED) is 0.557. The molecule has 0 aliphatic carbocycles. The van der Waals surface area contributed by atoms with Gasteiger partial charge in [0.1, 0.15) is 6.54 Å². The largest absolute Gasteiger partial charge is 0.396 e. The SMILES string of the molecule is OCCCCCC[NH2+]Cc1ccc(CO)cc1. The summed E-state index contributed by atoms with van der Waals surface area (Å²) in [5.41, 5.74) is 2.27. The number of rotatable bonds is 9. The van der Waals surface area contributed by atoms with Crippen molar-refractivity contribution in [2.75, 3.05) is 13.2 Å². The number of hydrogen-bond donors (Lipinski definition) is 3. The van der Waals surface area contributed by atoms with Crippen LogP contribution in [0.1, 0.15) is 36.8 Å². The highest BCUT2D eigenvalue weighted by molar-refractivity contribution is 5.21. The van der Waals surface area contributed by atoms with Crippen LogP contribution in [0.15, 0.2) is 24.3 Å². The van der Waals surface area contributed by atoms with Gasteiger partial charge in [-0.25, -0.2) is 0 Å². The highest BCUT2D eigenvalue weighted by Gasteiger charge is 1.96. The van der Waals surface area contributed by atoms with Crippen LogP contribution >= 0.6 is 0 Å². The maximum atomic E-state index is 8.92. The Morgan fingerprint density at radius 3 is 2.12 bits per heavy atom. The molecule has 3 heteroatoms. The van der Waals surface area contributed by atoms with Crippen molar-refractivity contribution in [1.82, 2.24) is 0 Å². The van der Waals surface area contributed by atoms with E-state index in [0.29, 0.717) is 6.61 Å². The van der Waals surface area contributed by atoms with E-state index in [1.54, 1.807) is 0 Å². The molecule has 17 heavy (non-hydrogen) atoms. The minimum absolute atomic E-state index is 0.120. The zero-order valence-electron chi connectivity index (χ0n) is 10.4. The molecule has 0 unspecified atom stereocenters. The zero-order chi connectivity index (χ0) is 12.3. The Morgan fingerprint density at radius 2 is 1.47 bits per heavy atom. The van der Waals surface area contributed by atoms with E-state index in [4.69, 9.17) is 10.2 Å². The Hall–Kier alpha value is -0.900. The molecule has 96 valence electrons. The molecule has 0 aliphatic rings. The minimum Gasteiger partial charge on any atom is -0.396 e. The molecular formula is C14H24NO2+. The van der Waals surface area contributed by atoms with E-state index in [0.717, 1.165) is 31.5 Å². The molecule has 0 spiro atoms. The first-order chi connectivity index (χ1) is 8.36. The molecule has 0 aromatic heterocycles. The molecule has 0 bridgehead atoms. The lowest BCUT2D eigenvalue weighted by molar-refractivity contribution is -0.671. The maximum Gasteiger partial charge on any atom is 0.101 e. The molecule has 0 radical (unpaired) electrons. The van der Waals surface area contributed by atoms with Crippen LogP contribution in [0.3, 0.4) is 0 Å². The summed E-state index contributed by atoms with van der Waals surface area (Å²) in [4.78, 5) is 0. The number of benzene rings is 1. The summed E-state index contributed by atoms with van der Waals surface area (Å²) in [6.45, 7) is 2.59. The van der Waals surface area contributed by atoms with Crippen LogP contribution in [-0.2, 0) is 13.2 Å². The molecule has 0 saturated heterocycles. The Bertz CT molecular complexity index is 285. The highest BCUT2D eigenvalue weighted by Crippen LogP contribution is 2.02. The van der Waals surface area contributed by atoms with Gasteiger partial charge in [-0.05, 0) is 24.8 Å². The van der Waals surface area contributed by atoms with Gasteiger partial charge in [0.15, 0.2) is 0 Å². The van der Waals surface area contributed by atoms with Crippen LogP contribution in [0.25, 0.3) is 0 Å². The van der Waals surface area contributed by atoms with Gasteiger partial charge in [-0.2, -0.15) is 0 Å². The number of nitrogens with two attached hydrogens (primary N) is 1. The summed E-state index contributed by atoms with van der Waals surface area (Å²) >= 11 is 0. The van der Waals surface area contributed by atoms with Gasteiger partial charge in [-0.15, -0.1) is 0 Å². The highest BCUT2D eigenvalue weighted by atomic mass is 16.3. The summed E-state index contributed by atoms with van der Waals surface area (Å²) in [5.74, 6) is 0. The van der Waals surface area contributed by atoms with Crippen LogP contribution < -0.4 is 5.32 Å². The molecule has 3 nitrogen and oxygen atoms in total. The topological polar surface area (TPSA) is 57.1 Å². The van der Waals surface area contributed by atoms with Crippen molar-refractivity contribution in [2.45, 2.75) is 38.8 Å². The standard InChI is InChI=1S/C14H23NO2/c16-10-4-2-1-3-9-15-11-13-5-7-14(12-17)8-6-13/h5-8,15-17H,1-4,9-12H2/p+1. The molecule has 4 N–H and O–H groups in total. The van der Waals surface area contributed by atoms with E-state index < -0.39 is 0 Å². The number of quaternary nitrogens is 1. The van der Waals surface area contributed by atoms with Crippen molar-refractivity contribution in [1.29, 1.82) is 0 Å². The van der Waals surface area contributed by atoms with Crippen molar-refractivity contribution in [3.63, 3.8) is 0 Å². The lowest BCUT2D eigenvalue weighted by atomic mass is 10.1. The van der Waals surface area contributed by atoms with Crippen LogP contribution in [-0.4, -0.2) is 23.4 Å². The van der Waals surface area contributed by atoms with Crippen LogP contribution in [0, 0.1) is 0 Å². The molecular weight excluding hydrogens is 214 g/mol. The Morgan fingerprint density at radius 1 is 0.824 bits per heavy atom. The number of aliphatic hydroxyl groups excluding tert-OH is 2. The molecule has 0 saturated carbocycles. The Balaban J connectivity index is 2.05. The van der Waals surface area contributed by atoms with Gasteiger partial charge < -0.3 is 15.5 Å². The summed E-state index contributed by atoms with van der Waals surface area (Å²) in [6.07, 6.45) is 4.49. The van der Waals surface area contributed by atoms with Crippen LogP contribution in [0.5, 0.6) is 0 Å². The van der Waals surface area contributed by atoms with Gasteiger partial charge >= 0.3 is 0 Å². The third kappa shape index (κ3) is 6.41. The van der Waals surface area contributed by atoms with Crippen molar-refractivity contribution in [3.8, 4) is 0 Å². The van der Waals surface area contributed by atoms with Gasteiger partial charge in [-0.3, -0.25) is 0 Å². The average molecular weight is 238 g/mol. The number of hydrogen-bond acceptors (Lipinski definition) is 2. The molecule has 0 atom stereocenters. The summed E-state index contributed by atoms with van der Waals surface area (Å²) in [6, 6.07) is 8.11. The molecule has 0 amide bonds. The lowest BCUT2D eigenvalue weighted by Crippen LogP contribution is -2.82. The molecule has 0 heterocycles. The van der Waals surface area contributed by atoms with Gasteiger partial charge in [-0.1, -0.05) is 30.7 Å². The first-order valence-electron chi connectivity index (χ1n) is 6.48. The molecule has 1 aromatic rings. The van der Waals surface area contributed by atoms with Crippen molar-refractivity contribution >= 4 is 0 Å². The van der Waals surface area contributed by atoms with E-state index >= 15 is 0 Å². The molecule has 0 aliphatic heterocycles. The van der Waals surface area contributed by atoms with Crippen LogP contribution in [0.4, 0.5) is 0 Å². The summed E-state index contributed by atoms with van der Waals surface area (Å²) in [7, 11) is 0. The van der Waals surface area contributed by atoms with E-state index in [1.165, 1.54) is 18.4 Å². The van der Waals surface area contributed by atoms with Crippen molar-refractivity contribution in [2.24, 2.45) is 0 Å². The number of unbranched alkanes of at least 4 members (excludes halogenated alkanes) is 3. The maximum absolute atomic E-state index is 8.92. The smallest absolute Gasteiger partial charge is 0.101 e. The van der Waals surface area contributed by atoms with Gasteiger partial charge in [0.2, 0.25) is 0 Å². The predicted molar refractivity (Wildman–Crippen MR) is 68.4 cm³/mol. The first kappa shape index (κ1) is 14.2. The van der Waals surface area contributed by atoms with Gasteiger partial charge in [0, 0.05) is 12.2 Å². The monoisotopic (exact) mass is 238 g/mol. The molecule has 1 rings (SSSR count). The zero-order valence-corrected chi connectivity index (χ0v) is 10.4. The third-order valence-corrected chi connectivity index (χ3v) is 2.90. The lowest BCUT2D eigenvalue weighted by Gasteiger charge is -2.03. The molecule has 1 aromatic carbocycles. The normalized spacial score (nSPS) is 10.7. The van der Waals surface area contributed by atoms with E-state index in [2.05, 4.69) is 17.4 Å². The second-order valence-electron chi connectivity index (χ2n) is 4.39. The second-order valence-corrected chi connectivity index (χ2v) is 4.39. The second kappa shape index (κ2) is 9.16. The van der Waals surface area contributed by atoms with Crippen LogP contribution in [0.2, 0.25) is 0 Å². The van der Waals surface area contributed by atoms with Gasteiger partial charge in [0.25, 0.3) is 0 Å². The van der Waals surface area contributed by atoms with Crippen molar-refractivity contribution in [3.05, 3.63) is 35.4 Å². The Labute approximate surface area is 103 Å². The van der Waals surface area contributed by atoms with Crippen molar-refractivity contribution < 1.29 is 15.5 Å². The first-order valence-corrected chi connectivity index (χ1v) is 6.48. The Kier molecular flexibility index (Phi) is 7.63. The third-order valence-electron chi connectivity index (χ3n) is 2.90. The average Bonchev–Trinajstić information content (AvgIpc) is 2.38.